The largest absolute Gasteiger partial charge is 0.346 e. The van der Waals surface area contributed by atoms with Gasteiger partial charge in [-0.15, -0.1) is 0 Å². The molecule has 0 spiro atoms. The predicted molar refractivity (Wildman–Crippen MR) is 73.2 cm³/mol. The summed E-state index contributed by atoms with van der Waals surface area (Å²) in [6.07, 6.45) is 1.80. The third kappa shape index (κ3) is 3.04. The van der Waals surface area contributed by atoms with Crippen molar-refractivity contribution in [2.24, 2.45) is 0 Å². The molecule has 5 heteroatoms. The molecule has 2 rings (SSSR count). The average molecular weight is 276 g/mol. The van der Waals surface area contributed by atoms with E-state index in [0.29, 0.717) is 19.5 Å². The van der Waals surface area contributed by atoms with E-state index < -0.39 is 0 Å². The van der Waals surface area contributed by atoms with Crippen LogP contribution in [-0.2, 0) is 16.1 Å². The number of benzene rings is 1. The zero-order valence-electron chi connectivity index (χ0n) is 11.4. The van der Waals surface area contributed by atoms with Gasteiger partial charge in [0.2, 0.25) is 11.8 Å². The van der Waals surface area contributed by atoms with Gasteiger partial charge in [-0.25, -0.2) is 4.39 Å². The lowest BCUT2D eigenvalue weighted by Crippen LogP contribution is -2.30. The van der Waals surface area contributed by atoms with E-state index >= 15 is 0 Å². The van der Waals surface area contributed by atoms with Crippen molar-refractivity contribution in [3.8, 4) is 0 Å². The molecule has 0 bridgehead atoms. The fourth-order valence-corrected chi connectivity index (χ4v) is 2.43. The van der Waals surface area contributed by atoms with Gasteiger partial charge < -0.3 is 10.2 Å². The molecule has 20 heavy (non-hydrogen) atoms. The summed E-state index contributed by atoms with van der Waals surface area (Å²) >= 11 is 0. The quantitative estimate of drug-likeness (QED) is 0.839. The summed E-state index contributed by atoms with van der Waals surface area (Å²) in [6.45, 7) is 5.80. The number of carbonyl (C=O) groups is 2. The highest BCUT2D eigenvalue weighted by Gasteiger charge is 2.24. The molecule has 2 amide bonds. The monoisotopic (exact) mass is 276 g/mol. The van der Waals surface area contributed by atoms with E-state index in [-0.39, 0.29) is 23.7 Å². The highest BCUT2D eigenvalue weighted by atomic mass is 19.1. The maximum Gasteiger partial charge on any atom is 0.243 e. The van der Waals surface area contributed by atoms with Crippen molar-refractivity contribution in [2.75, 3.05) is 6.54 Å². The third-order valence-corrected chi connectivity index (χ3v) is 3.48. The van der Waals surface area contributed by atoms with E-state index in [9.17, 15) is 14.0 Å². The number of nitrogens with one attached hydrogen (secondary N) is 1. The minimum Gasteiger partial charge on any atom is -0.346 e. The van der Waals surface area contributed by atoms with Crippen LogP contribution in [0.2, 0.25) is 0 Å². The summed E-state index contributed by atoms with van der Waals surface area (Å²) in [6, 6.07) is 4.22. The van der Waals surface area contributed by atoms with Crippen LogP contribution >= 0.6 is 0 Å². The average Bonchev–Trinajstić information content (AvgIpc) is 2.58. The van der Waals surface area contributed by atoms with Gasteiger partial charge in [0.15, 0.2) is 0 Å². The Hall–Kier alpha value is -2.17. The second-order valence-corrected chi connectivity index (χ2v) is 4.84. The Morgan fingerprint density at radius 2 is 2.25 bits per heavy atom. The second kappa shape index (κ2) is 5.86. The molecule has 0 radical (unpaired) electrons. The number of nitrogens with zero attached hydrogens (tertiary/aromatic N) is 1. The summed E-state index contributed by atoms with van der Waals surface area (Å²) in [7, 11) is 0. The minimum absolute atomic E-state index is 0.0593. The lowest BCUT2D eigenvalue weighted by molar-refractivity contribution is -0.129. The molecule has 1 aliphatic heterocycles. The van der Waals surface area contributed by atoms with Crippen molar-refractivity contribution in [3.63, 3.8) is 0 Å². The van der Waals surface area contributed by atoms with Gasteiger partial charge in [0.25, 0.3) is 0 Å². The van der Waals surface area contributed by atoms with Crippen molar-refractivity contribution in [1.82, 2.24) is 10.2 Å². The molecule has 1 heterocycles. The van der Waals surface area contributed by atoms with E-state index in [2.05, 4.69) is 11.9 Å². The molecule has 0 fully saturated rings. The van der Waals surface area contributed by atoms with Crippen LogP contribution in [0.5, 0.6) is 0 Å². The van der Waals surface area contributed by atoms with Crippen molar-refractivity contribution in [2.45, 2.75) is 25.9 Å². The van der Waals surface area contributed by atoms with E-state index in [4.69, 9.17) is 0 Å². The molecule has 1 atom stereocenters. The topological polar surface area (TPSA) is 49.4 Å². The van der Waals surface area contributed by atoms with Crippen molar-refractivity contribution < 1.29 is 14.0 Å². The summed E-state index contributed by atoms with van der Waals surface area (Å²) < 4.78 is 13.4. The van der Waals surface area contributed by atoms with Crippen LogP contribution < -0.4 is 5.32 Å². The molecule has 1 aromatic rings. The molecule has 1 N–H and O–H groups in total. The third-order valence-electron chi connectivity index (χ3n) is 3.48. The van der Waals surface area contributed by atoms with Gasteiger partial charge >= 0.3 is 0 Å². The fourth-order valence-electron chi connectivity index (χ4n) is 2.43. The lowest BCUT2D eigenvalue weighted by atomic mass is 9.99. The molecular formula is C15H17FN2O2. The lowest BCUT2D eigenvalue weighted by Gasteiger charge is -2.19. The van der Waals surface area contributed by atoms with Gasteiger partial charge in [-0.05, 0) is 35.8 Å². The highest BCUT2D eigenvalue weighted by molar-refractivity contribution is 5.87. The molecular weight excluding hydrogens is 259 g/mol. The Morgan fingerprint density at radius 3 is 2.90 bits per heavy atom. The maximum atomic E-state index is 13.4. The Labute approximate surface area is 117 Å². The first-order chi connectivity index (χ1) is 9.51. The minimum atomic E-state index is -0.344. The summed E-state index contributed by atoms with van der Waals surface area (Å²) in [5, 5.41) is 2.83. The Balaban J connectivity index is 2.35. The zero-order chi connectivity index (χ0) is 14.7. The van der Waals surface area contributed by atoms with Gasteiger partial charge in [0.1, 0.15) is 5.82 Å². The summed E-state index contributed by atoms with van der Waals surface area (Å²) in [5.74, 6) is -0.680. The molecule has 0 saturated carbocycles. The Kier molecular flexibility index (Phi) is 4.17. The maximum absolute atomic E-state index is 13.4. The first kappa shape index (κ1) is 14.2. The normalized spacial score (nSPS) is 17.9. The van der Waals surface area contributed by atoms with Crippen LogP contribution in [0.25, 0.3) is 0 Å². The van der Waals surface area contributed by atoms with Gasteiger partial charge in [-0.1, -0.05) is 12.6 Å². The van der Waals surface area contributed by atoms with E-state index in [1.165, 1.54) is 25.1 Å². The van der Waals surface area contributed by atoms with Crippen LogP contribution in [0.4, 0.5) is 4.39 Å². The first-order valence-electron chi connectivity index (χ1n) is 6.48. The van der Waals surface area contributed by atoms with E-state index in [1.54, 1.807) is 11.0 Å². The molecule has 4 nitrogen and oxygen atoms in total. The number of amides is 2. The van der Waals surface area contributed by atoms with Crippen LogP contribution in [0.1, 0.15) is 30.5 Å². The highest BCUT2D eigenvalue weighted by Crippen LogP contribution is 2.27. The number of fused-ring (bicyclic) bond motifs is 1. The fraction of sp³-hybridized carbons (Fsp3) is 0.333. The van der Waals surface area contributed by atoms with Gasteiger partial charge in [0, 0.05) is 20.0 Å². The number of hydrogen-bond donors (Lipinski definition) is 1. The van der Waals surface area contributed by atoms with E-state index in [0.717, 1.165) is 11.1 Å². The molecule has 106 valence electrons. The van der Waals surface area contributed by atoms with Crippen molar-refractivity contribution in [3.05, 3.63) is 47.8 Å². The molecule has 1 aromatic carbocycles. The molecule has 0 saturated heterocycles. The van der Waals surface area contributed by atoms with Gasteiger partial charge in [-0.3, -0.25) is 9.59 Å². The van der Waals surface area contributed by atoms with Crippen LogP contribution in [0.15, 0.2) is 30.9 Å². The number of carbonyl (C=O) groups excluding carboxylic acids is 2. The standard InChI is InChI=1S/C15H17FN2O2/c1-3-15(20)17-14-6-7-18(10(2)19)9-11-8-12(16)4-5-13(11)14/h3-5,8,14H,1,6-7,9H2,2H3,(H,17,20)/t14-/m0/s1. The van der Waals surface area contributed by atoms with Crippen molar-refractivity contribution in [1.29, 1.82) is 0 Å². The smallest absolute Gasteiger partial charge is 0.243 e. The molecule has 0 aliphatic carbocycles. The second-order valence-electron chi connectivity index (χ2n) is 4.84. The van der Waals surface area contributed by atoms with Gasteiger partial charge in [0.05, 0.1) is 6.04 Å². The predicted octanol–water partition coefficient (Wildman–Crippen LogP) is 1.92. The van der Waals surface area contributed by atoms with Crippen LogP contribution in [-0.4, -0.2) is 23.3 Å². The number of rotatable bonds is 2. The molecule has 0 unspecified atom stereocenters. The Morgan fingerprint density at radius 1 is 1.50 bits per heavy atom. The number of halogens is 1. The summed E-state index contributed by atoms with van der Waals surface area (Å²) in [4.78, 5) is 24.7. The SMILES string of the molecule is C=CC(=O)N[C@H]1CCN(C(C)=O)Cc2cc(F)ccc21. The van der Waals surface area contributed by atoms with Gasteiger partial charge in [-0.2, -0.15) is 0 Å². The van der Waals surface area contributed by atoms with Crippen LogP contribution in [0.3, 0.4) is 0 Å². The Bertz CT molecular complexity index is 557. The zero-order valence-corrected chi connectivity index (χ0v) is 11.4. The summed E-state index contributed by atoms with van der Waals surface area (Å²) in [5.41, 5.74) is 1.58. The molecule has 0 aromatic heterocycles. The molecule has 1 aliphatic rings. The number of hydrogen-bond acceptors (Lipinski definition) is 2. The first-order valence-corrected chi connectivity index (χ1v) is 6.48. The van der Waals surface area contributed by atoms with E-state index in [1.807, 2.05) is 0 Å². The van der Waals surface area contributed by atoms with Crippen molar-refractivity contribution >= 4 is 11.8 Å². The van der Waals surface area contributed by atoms with Crippen LogP contribution in [0, 0.1) is 5.82 Å².